The molecule has 1 heterocycles. The van der Waals surface area contributed by atoms with Gasteiger partial charge in [-0.3, -0.25) is 0 Å². The van der Waals surface area contributed by atoms with E-state index >= 15 is 0 Å². The molecule has 0 unspecified atom stereocenters. The Morgan fingerprint density at radius 1 is 1.42 bits per heavy atom. The maximum absolute atomic E-state index is 13.7. The van der Waals surface area contributed by atoms with Crippen LogP contribution >= 0.6 is 0 Å². The van der Waals surface area contributed by atoms with E-state index in [9.17, 15) is 13.6 Å². The summed E-state index contributed by atoms with van der Waals surface area (Å²) in [6.07, 6.45) is 1.84. The highest BCUT2D eigenvalue weighted by Crippen LogP contribution is 2.37. The number of aromatic nitrogens is 2. The van der Waals surface area contributed by atoms with E-state index < -0.39 is 24.0 Å². The van der Waals surface area contributed by atoms with Crippen LogP contribution in [-0.4, -0.2) is 39.6 Å². The molecule has 2 aromatic rings. The van der Waals surface area contributed by atoms with Crippen LogP contribution in [-0.2, 0) is 0 Å². The molecule has 1 fully saturated rings. The molecule has 1 aromatic carbocycles. The molecule has 1 saturated carbocycles. The quantitative estimate of drug-likeness (QED) is 0.848. The Kier molecular flexibility index (Phi) is 5.11. The van der Waals surface area contributed by atoms with Crippen molar-refractivity contribution in [1.82, 2.24) is 15.1 Å². The summed E-state index contributed by atoms with van der Waals surface area (Å²) in [6, 6.07) is 6.60. The second-order valence-corrected chi connectivity index (χ2v) is 6.68. The number of benzene rings is 1. The number of nitrogens with zero attached hydrogens (tertiary/aromatic N) is 2. The van der Waals surface area contributed by atoms with Gasteiger partial charge in [0.2, 0.25) is 5.92 Å². The summed E-state index contributed by atoms with van der Waals surface area (Å²) >= 11 is 0. The zero-order chi connectivity index (χ0) is 18.7. The average Bonchev–Trinajstić information content (AvgIpc) is 3.01. The van der Waals surface area contributed by atoms with Gasteiger partial charge in [-0.1, -0.05) is 0 Å². The van der Waals surface area contributed by atoms with Gasteiger partial charge in [0.25, 0.3) is 0 Å². The van der Waals surface area contributed by atoms with Gasteiger partial charge in [-0.05, 0) is 43.2 Å². The van der Waals surface area contributed by atoms with E-state index in [0.29, 0.717) is 5.75 Å². The Balaban J connectivity index is 1.63. The van der Waals surface area contributed by atoms with E-state index in [-0.39, 0.29) is 25.9 Å². The lowest BCUT2D eigenvalue weighted by Gasteiger charge is -2.35. The Labute approximate surface area is 149 Å². The van der Waals surface area contributed by atoms with E-state index in [1.165, 1.54) is 0 Å². The van der Waals surface area contributed by atoms with Crippen LogP contribution in [0, 0.1) is 12.8 Å². The zero-order valence-electron chi connectivity index (χ0n) is 14.4. The van der Waals surface area contributed by atoms with Crippen LogP contribution in [0.3, 0.4) is 0 Å². The summed E-state index contributed by atoms with van der Waals surface area (Å²) in [5.41, 5.74) is 1.90. The lowest BCUT2D eigenvalue weighted by Crippen LogP contribution is -2.48. The fourth-order valence-electron chi connectivity index (χ4n) is 3.21. The molecule has 6 nitrogen and oxygen atoms in total. The van der Waals surface area contributed by atoms with E-state index in [1.807, 2.05) is 25.3 Å². The van der Waals surface area contributed by atoms with Gasteiger partial charge >= 0.3 is 6.09 Å². The molecule has 0 bridgehead atoms. The molecule has 1 aliphatic rings. The molecule has 0 saturated heterocycles. The first-order chi connectivity index (χ1) is 12.3. The second kappa shape index (κ2) is 7.31. The zero-order valence-corrected chi connectivity index (χ0v) is 14.4. The normalized spacial score (nSPS) is 22.0. The van der Waals surface area contributed by atoms with Crippen molar-refractivity contribution >= 4 is 6.09 Å². The van der Waals surface area contributed by atoms with Gasteiger partial charge in [0.1, 0.15) is 5.75 Å². The van der Waals surface area contributed by atoms with Gasteiger partial charge in [-0.25, -0.2) is 18.3 Å². The van der Waals surface area contributed by atoms with Gasteiger partial charge in [-0.15, -0.1) is 0 Å². The highest BCUT2D eigenvalue weighted by Gasteiger charge is 2.42. The molecule has 1 aliphatic carbocycles. The van der Waals surface area contributed by atoms with Gasteiger partial charge in [-0.2, -0.15) is 5.10 Å². The summed E-state index contributed by atoms with van der Waals surface area (Å²) in [4.78, 5) is 10.9. The van der Waals surface area contributed by atoms with Gasteiger partial charge in [0, 0.05) is 31.0 Å². The Hall–Kier alpha value is -2.64. The molecule has 8 heteroatoms. The van der Waals surface area contributed by atoms with E-state index in [1.54, 1.807) is 23.0 Å². The summed E-state index contributed by atoms with van der Waals surface area (Å²) in [6.45, 7) is 1.98. The van der Waals surface area contributed by atoms with Crippen molar-refractivity contribution in [3.63, 3.8) is 0 Å². The molecule has 0 aliphatic heterocycles. The van der Waals surface area contributed by atoms with Crippen molar-refractivity contribution in [2.45, 2.75) is 38.2 Å². The third-order valence-corrected chi connectivity index (χ3v) is 4.54. The van der Waals surface area contributed by atoms with Crippen molar-refractivity contribution in [1.29, 1.82) is 0 Å². The molecule has 26 heavy (non-hydrogen) atoms. The Bertz CT molecular complexity index is 761. The molecular formula is C18H21F2N3O3. The minimum atomic E-state index is -2.79. The lowest BCUT2D eigenvalue weighted by atomic mass is 9.82. The third kappa shape index (κ3) is 4.50. The number of carboxylic acid groups (broad SMARTS) is 1. The first kappa shape index (κ1) is 18.2. The standard InChI is InChI=1S/C18H21F2N3O3/c1-12-9-21-23(10-12)14-2-4-15(5-3-14)26-11-13-8-18(19,20)7-6-16(13)22-17(24)25/h2-5,9-10,13,16,22H,6-8,11H2,1H3,(H,24,25)/t13-,16+/m1/s1. The fraction of sp³-hybridized carbons (Fsp3) is 0.444. The number of aryl methyl sites for hydroxylation is 1. The van der Waals surface area contributed by atoms with Crippen molar-refractivity contribution in [3.05, 3.63) is 42.2 Å². The second-order valence-electron chi connectivity index (χ2n) is 6.68. The number of ether oxygens (including phenoxy) is 1. The number of hydrogen-bond donors (Lipinski definition) is 2. The van der Waals surface area contributed by atoms with Gasteiger partial charge < -0.3 is 15.2 Å². The van der Waals surface area contributed by atoms with Crippen LogP contribution in [0.15, 0.2) is 36.7 Å². The summed E-state index contributed by atoms with van der Waals surface area (Å²) in [7, 11) is 0. The van der Waals surface area contributed by atoms with Crippen molar-refractivity contribution in [2.75, 3.05) is 6.61 Å². The van der Waals surface area contributed by atoms with Crippen molar-refractivity contribution < 1.29 is 23.4 Å². The number of halogens is 2. The molecule has 2 N–H and O–H groups in total. The number of nitrogens with one attached hydrogen (secondary N) is 1. The average molecular weight is 365 g/mol. The highest BCUT2D eigenvalue weighted by molar-refractivity contribution is 5.64. The topological polar surface area (TPSA) is 76.4 Å². The van der Waals surface area contributed by atoms with Crippen LogP contribution in [0.2, 0.25) is 0 Å². The fourth-order valence-corrected chi connectivity index (χ4v) is 3.21. The van der Waals surface area contributed by atoms with E-state index in [4.69, 9.17) is 9.84 Å². The summed E-state index contributed by atoms with van der Waals surface area (Å²) in [5, 5.41) is 15.4. The monoisotopic (exact) mass is 365 g/mol. The number of hydrogen-bond acceptors (Lipinski definition) is 3. The Morgan fingerprint density at radius 3 is 2.77 bits per heavy atom. The van der Waals surface area contributed by atoms with Crippen LogP contribution in [0.5, 0.6) is 5.75 Å². The molecular weight excluding hydrogens is 344 g/mol. The molecule has 1 amide bonds. The van der Waals surface area contributed by atoms with E-state index in [0.717, 1.165) is 11.3 Å². The Morgan fingerprint density at radius 2 is 2.15 bits per heavy atom. The predicted octanol–water partition coefficient (Wildman–Crippen LogP) is 3.63. The predicted molar refractivity (Wildman–Crippen MR) is 91.0 cm³/mol. The number of alkyl halides is 2. The highest BCUT2D eigenvalue weighted by atomic mass is 19.3. The molecule has 1 aromatic heterocycles. The van der Waals surface area contributed by atoms with Gasteiger partial charge in [0.05, 0.1) is 18.5 Å². The van der Waals surface area contributed by atoms with Crippen molar-refractivity contribution in [3.8, 4) is 11.4 Å². The number of amides is 1. The maximum Gasteiger partial charge on any atom is 0.404 e. The maximum atomic E-state index is 13.7. The molecule has 140 valence electrons. The summed E-state index contributed by atoms with van der Waals surface area (Å²) in [5.74, 6) is -2.82. The van der Waals surface area contributed by atoms with Crippen LogP contribution < -0.4 is 10.1 Å². The van der Waals surface area contributed by atoms with Crippen LogP contribution in [0.1, 0.15) is 24.8 Å². The first-order valence-electron chi connectivity index (χ1n) is 8.44. The van der Waals surface area contributed by atoms with Gasteiger partial charge in [0.15, 0.2) is 0 Å². The van der Waals surface area contributed by atoms with Crippen molar-refractivity contribution in [2.24, 2.45) is 5.92 Å². The lowest BCUT2D eigenvalue weighted by molar-refractivity contribution is -0.0677. The number of rotatable bonds is 5. The minimum Gasteiger partial charge on any atom is -0.493 e. The first-order valence-corrected chi connectivity index (χ1v) is 8.44. The number of carbonyl (C=O) groups is 1. The largest absolute Gasteiger partial charge is 0.493 e. The van der Waals surface area contributed by atoms with E-state index in [2.05, 4.69) is 10.4 Å². The molecule has 0 radical (unpaired) electrons. The summed E-state index contributed by atoms with van der Waals surface area (Å²) < 4.78 is 34.8. The molecule has 2 atom stereocenters. The minimum absolute atomic E-state index is 0.0285. The SMILES string of the molecule is Cc1cnn(-c2ccc(OC[C@H]3CC(F)(F)CC[C@@H]3NC(=O)O)cc2)c1. The smallest absolute Gasteiger partial charge is 0.404 e. The molecule has 0 spiro atoms. The third-order valence-electron chi connectivity index (χ3n) is 4.54. The van der Waals surface area contributed by atoms with Crippen LogP contribution in [0.4, 0.5) is 13.6 Å². The molecule has 3 rings (SSSR count). The van der Waals surface area contributed by atoms with Crippen LogP contribution in [0.25, 0.3) is 5.69 Å².